The molecule has 8 nitrogen and oxygen atoms in total. The maximum absolute atomic E-state index is 13.2. The number of nitrogens with zero attached hydrogens (tertiary/aromatic N) is 5. The zero-order valence-corrected chi connectivity index (χ0v) is 15.7. The monoisotopic (exact) mass is 361 g/mol. The van der Waals surface area contributed by atoms with Gasteiger partial charge in [-0.3, -0.25) is 14.4 Å². The third-order valence-electron chi connectivity index (χ3n) is 5.48. The van der Waals surface area contributed by atoms with Crippen LogP contribution in [0.5, 0.6) is 0 Å². The van der Waals surface area contributed by atoms with Crippen molar-refractivity contribution in [2.75, 3.05) is 32.7 Å². The van der Waals surface area contributed by atoms with E-state index < -0.39 is 5.92 Å². The minimum atomic E-state index is -0.418. The van der Waals surface area contributed by atoms with Crippen LogP contribution in [-0.4, -0.2) is 74.7 Å². The lowest BCUT2D eigenvalue weighted by Gasteiger charge is -2.36. The van der Waals surface area contributed by atoms with Crippen LogP contribution < -0.4 is 0 Å². The molecular weight excluding hydrogens is 334 g/mol. The van der Waals surface area contributed by atoms with Gasteiger partial charge in [-0.2, -0.15) is 0 Å². The Kier molecular flexibility index (Phi) is 5.29. The molecule has 3 heterocycles. The Morgan fingerprint density at radius 2 is 1.77 bits per heavy atom. The standard InChI is InChI=1S/C18H27N5O3/c1-4-20-7-6-19-17(20)16-14(12-15(25)23(16)5-2)18(26)22-10-8-21(9-11-22)13(3)24/h6-7,14,16H,4-5,8-12H2,1-3H3/t14-,16-/m0/s1. The molecule has 142 valence electrons. The molecule has 0 N–H and O–H groups in total. The number of hydrogen-bond donors (Lipinski definition) is 0. The fourth-order valence-electron chi connectivity index (χ4n) is 4.03. The van der Waals surface area contributed by atoms with E-state index in [0.717, 1.165) is 12.4 Å². The van der Waals surface area contributed by atoms with Crippen molar-refractivity contribution in [1.29, 1.82) is 0 Å². The number of imidazole rings is 1. The molecule has 0 aliphatic carbocycles. The highest BCUT2D eigenvalue weighted by Gasteiger charge is 2.47. The number of piperazine rings is 1. The average Bonchev–Trinajstić information content (AvgIpc) is 3.24. The van der Waals surface area contributed by atoms with Crippen LogP contribution in [0.25, 0.3) is 0 Å². The van der Waals surface area contributed by atoms with Crippen molar-refractivity contribution in [2.24, 2.45) is 5.92 Å². The molecule has 1 aromatic heterocycles. The van der Waals surface area contributed by atoms with E-state index in [1.54, 1.807) is 27.8 Å². The van der Waals surface area contributed by atoms with E-state index in [2.05, 4.69) is 4.98 Å². The Balaban J connectivity index is 1.82. The molecule has 2 aliphatic heterocycles. The third-order valence-corrected chi connectivity index (χ3v) is 5.48. The first-order valence-electron chi connectivity index (χ1n) is 9.32. The minimum Gasteiger partial charge on any atom is -0.339 e. The zero-order chi connectivity index (χ0) is 18.8. The molecule has 8 heteroatoms. The number of aryl methyl sites for hydroxylation is 1. The maximum Gasteiger partial charge on any atom is 0.228 e. The molecule has 3 rings (SSSR count). The Bertz CT molecular complexity index is 693. The first kappa shape index (κ1) is 18.4. The van der Waals surface area contributed by atoms with Gasteiger partial charge in [0.2, 0.25) is 17.7 Å². The smallest absolute Gasteiger partial charge is 0.228 e. The van der Waals surface area contributed by atoms with Crippen LogP contribution in [0, 0.1) is 5.92 Å². The average molecular weight is 361 g/mol. The van der Waals surface area contributed by atoms with Crippen molar-refractivity contribution in [3.63, 3.8) is 0 Å². The third kappa shape index (κ3) is 3.20. The second kappa shape index (κ2) is 7.47. The summed E-state index contributed by atoms with van der Waals surface area (Å²) in [5.74, 6) is 0.394. The summed E-state index contributed by atoms with van der Waals surface area (Å²) in [6.07, 6.45) is 3.84. The molecule has 0 aromatic carbocycles. The van der Waals surface area contributed by atoms with Gasteiger partial charge in [0.1, 0.15) is 11.9 Å². The predicted molar refractivity (Wildman–Crippen MR) is 95.0 cm³/mol. The molecule has 0 unspecified atom stereocenters. The first-order chi connectivity index (χ1) is 12.5. The van der Waals surface area contributed by atoms with Gasteiger partial charge in [0.05, 0.1) is 5.92 Å². The number of carbonyl (C=O) groups is 3. The van der Waals surface area contributed by atoms with E-state index in [9.17, 15) is 14.4 Å². The Labute approximate surface area is 153 Å². The zero-order valence-electron chi connectivity index (χ0n) is 15.7. The molecule has 0 bridgehead atoms. The quantitative estimate of drug-likeness (QED) is 0.782. The van der Waals surface area contributed by atoms with E-state index in [4.69, 9.17) is 0 Å². The van der Waals surface area contributed by atoms with Gasteiger partial charge in [0.25, 0.3) is 0 Å². The second-order valence-corrected chi connectivity index (χ2v) is 6.84. The lowest BCUT2D eigenvalue weighted by atomic mass is 9.97. The summed E-state index contributed by atoms with van der Waals surface area (Å²) >= 11 is 0. The summed E-state index contributed by atoms with van der Waals surface area (Å²) in [5.41, 5.74) is 0. The Morgan fingerprint density at radius 1 is 1.12 bits per heavy atom. The molecule has 0 saturated carbocycles. The van der Waals surface area contributed by atoms with Crippen LogP contribution in [0.1, 0.15) is 39.1 Å². The lowest BCUT2D eigenvalue weighted by molar-refractivity contribution is -0.142. The molecule has 0 spiro atoms. The van der Waals surface area contributed by atoms with E-state index in [1.165, 1.54) is 0 Å². The van der Waals surface area contributed by atoms with E-state index in [1.807, 2.05) is 24.6 Å². The first-order valence-corrected chi connectivity index (χ1v) is 9.32. The number of amides is 3. The second-order valence-electron chi connectivity index (χ2n) is 6.84. The molecular formula is C18H27N5O3. The van der Waals surface area contributed by atoms with Gasteiger partial charge in [-0.05, 0) is 13.8 Å². The summed E-state index contributed by atoms with van der Waals surface area (Å²) in [6, 6.07) is -0.319. The molecule has 2 saturated heterocycles. The Hall–Kier alpha value is -2.38. The van der Waals surface area contributed by atoms with Crippen molar-refractivity contribution in [2.45, 2.75) is 39.8 Å². The summed E-state index contributed by atoms with van der Waals surface area (Å²) in [7, 11) is 0. The summed E-state index contributed by atoms with van der Waals surface area (Å²) in [5, 5.41) is 0. The largest absolute Gasteiger partial charge is 0.339 e. The number of aromatic nitrogens is 2. The highest BCUT2D eigenvalue weighted by molar-refractivity contribution is 5.90. The molecule has 3 amide bonds. The minimum absolute atomic E-state index is 0.00359. The molecule has 0 radical (unpaired) electrons. The van der Waals surface area contributed by atoms with Gasteiger partial charge in [-0.1, -0.05) is 0 Å². The van der Waals surface area contributed by atoms with Crippen molar-refractivity contribution >= 4 is 17.7 Å². The van der Waals surface area contributed by atoms with Crippen LogP contribution in [0.2, 0.25) is 0 Å². The van der Waals surface area contributed by atoms with Crippen LogP contribution in [0.4, 0.5) is 0 Å². The Morgan fingerprint density at radius 3 is 2.35 bits per heavy atom. The van der Waals surface area contributed by atoms with Crippen LogP contribution in [-0.2, 0) is 20.9 Å². The fourth-order valence-corrected chi connectivity index (χ4v) is 4.03. The predicted octanol–water partition coefficient (Wildman–Crippen LogP) is 0.503. The fraction of sp³-hybridized carbons (Fsp3) is 0.667. The number of likely N-dealkylation sites (tertiary alicyclic amines) is 1. The van der Waals surface area contributed by atoms with Crippen molar-refractivity contribution in [3.05, 3.63) is 18.2 Å². The number of carbonyl (C=O) groups excluding carboxylic acids is 3. The molecule has 2 fully saturated rings. The van der Waals surface area contributed by atoms with Gasteiger partial charge >= 0.3 is 0 Å². The topological polar surface area (TPSA) is 78.8 Å². The van der Waals surface area contributed by atoms with Crippen molar-refractivity contribution in [3.8, 4) is 0 Å². The highest BCUT2D eigenvalue weighted by Crippen LogP contribution is 2.38. The maximum atomic E-state index is 13.2. The number of rotatable bonds is 4. The lowest BCUT2D eigenvalue weighted by Crippen LogP contribution is -2.52. The van der Waals surface area contributed by atoms with Crippen LogP contribution >= 0.6 is 0 Å². The molecule has 1 aromatic rings. The van der Waals surface area contributed by atoms with Gasteiger partial charge in [0, 0.05) is 65.0 Å². The van der Waals surface area contributed by atoms with Gasteiger partial charge in [-0.25, -0.2) is 4.98 Å². The highest BCUT2D eigenvalue weighted by atomic mass is 16.2. The number of hydrogen-bond acceptors (Lipinski definition) is 4. The van der Waals surface area contributed by atoms with Crippen LogP contribution in [0.15, 0.2) is 12.4 Å². The molecule has 26 heavy (non-hydrogen) atoms. The van der Waals surface area contributed by atoms with E-state index >= 15 is 0 Å². The SMILES string of the molecule is CCN1C(=O)C[C@H](C(=O)N2CCN(C(C)=O)CC2)[C@H]1c1nccn1CC. The van der Waals surface area contributed by atoms with Gasteiger partial charge in [-0.15, -0.1) is 0 Å². The van der Waals surface area contributed by atoms with Crippen molar-refractivity contribution < 1.29 is 14.4 Å². The summed E-state index contributed by atoms with van der Waals surface area (Å²) in [4.78, 5) is 47.0. The summed E-state index contributed by atoms with van der Waals surface area (Å²) < 4.78 is 2.00. The van der Waals surface area contributed by atoms with Crippen molar-refractivity contribution in [1.82, 2.24) is 24.3 Å². The summed E-state index contributed by atoms with van der Waals surface area (Å²) in [6.45, 7) is 8.94. The van der Waals surface area contributed by atoms with Gasteiger partial charge in [0.15, 0.2) is 0 Å². The molecule has 2 atom stereocenters. The molecule has 2 aliphatic rings. The van der Waals surface area contributed by atoms with E-state index in [-0.39, 0.29) is 30.2 Å². The van der Waals surface area contributed by atoms with Gasteiger partial charge < -0.3 is 19.3 Å². The van der Waals surface area contributed by atoms with Crippen LogP contribution in [0.3, 0.4) is 0 Å². The normalized spacial score (nSPS) is 23.7. The van der Waals surface area contributed by atoms with E-state index in [0.29, 0.717) is 32.7 Å².